The molecule has 0 amide bonds. The van der Waals surface area contributed by atoms with Crippen molar-refractivity contribution in [2.24, 2.45) is 0 Å². The van der Waals surface area contributed by atoms with Gasteiger partial charge in [-0.3, -0.25) is 4.57 Å². The van der Waals surface area contributed by atoms with E-state index in [-0.39, 0.29) is 0 Å². The Labute approximate surface area is 358 Å². The van der Waals surface area contributed by atoms with Gasteiger partial charge in [-0.25, -0.2) is 0 Å². The summed E-state index contributed by atoms with van der Waals surface area (Å²) in [5.41, 5.74) is 13.0. The van der Waals surface area contributed by atoms with E-state index in [0.717, 1.165) is 127 Å². The van der Waals surface area contributed by atoms with Crippen LogP contribution in [0.4, 0.5) is 0 Å². The van der Waals surface area contributed by atoms with E-state index in [2.05, 4.69) is 165 Å². The molecule has 7 heteroatoms. The highest BCUT2D eigenvalue weighted by Crippen LogP contribution is 2.42. The maximum Gasteiger partial charge on any atom is 0.168 e. The number of furan rings is 2. The quantitative estimate of drug-likeness (QED) is 0.174. The molecule has 9 aromatic carbocycles. The minimum Gasteiger partial charge on any atom is -0.456 e. The summed E-state index contributed by atoms with van der Waals surface area (Å²) in [6.07, 6.45) is 0. The first-order chi connectivity index (χ1) is 31.2. The highest BCUT2D eigenvalue weighted by atomic mass is 16.3. The molecule has 63 heavy (non-hydrogen) atoms. The molecule has 294 valence electrons. The van der Waals surface area contributed by atoms with Crippen LogP contribution in [0.15, 0.2) is 209 Å². The van der Waals surface area contributed by atoms with Crippen LogP contribution in [0.3, 0.4) is 0 Å². The van der Waals surface area contributed by atoms with Gasteiger partial charge in [0.25, 0.3) is 0 Å². The minimum absolute atomic E-state index is 0.790. The van der Waals surface area contributed by atoms with E-state index >= 15 is 0 Å². The molecule has 0 bridgehead atoms. The smallest absolute Gasteiger partial charge is 0.168 e. The summed E-state index contributed by atoms with van der Waals surface area (Å²) in [5, 5.41) is 18.4. The molecule has 0 atom stereocenters. The van der Waals surface area contributed by atoms with Crippen molar-refractivity contribution in [3.05, 3.63) is 200 Å². The molecule has 14 rings (SSSR count). The monoisotopic (exact) mass is 807 g/mol. The van der Waals surface area contributed by atoms with Crippen molar-refractivity contribution in [2.45, 2.75) is 0 Å². The number of fused-ring (bicyclic) bond motifs is 13. The van der Waals surface area contributed by atoms with E-state index < -0.39 is 0 Å². The van der Waals surface area contributed by atoms with Crippen LogP contribution in [0.1, 0.15) is 0 Å². The Hall–Kier alpha value is -8.68. The SMILES string of the molecule is c1ccc(-c2nnc(-c3ccccc3)n2-c2ccc3c(c2)c2ccccc2n3-c2ccc3oc4ccc(-n5c6ccccc6c6c7oc8ccccc8c7ccc65)cc4c3c2)cc1. The molecule has 0 saturated carbocycles. The van der Waals surface area contributed by atoms with Gasteiger partial charge in [0, 0.05) is 60.2 Å². The predicted octanol–water partition coefficient (Wildman–Crippen LogP) is 14.6. The van der Waals surface area contributed by atoms with E-state index in [4.69, 9.17) is 19.0 Å². The molecule has 5 aromatic heterocycles. The lowest BCUT2D eigenvalue weighted by Gasteiger charge is -2.12. The maximum absolute atomic E-state index is 6.58. The van der Waals surface area contributed by atoms with E-state index in [1.807, 2.05) is 48.5 Å². The summed E-state index contributed by atoms with van der Waals surface area (Å²) in [4.78, 5) is 0. The standard InChI is InChI=1S/C56H33N5O2/c1-3-13-34(14-4-1)55-57-58-56(35-15-5-2-6-16-35)61(55)38-23-27-48-43(31-38)39-17-7-10-20-46(39)59(48)36-24-29-51-44(32-36)45-33-37(25-30-52(45)62-51)60-47-21-11-8-19-42(47)53-49(60)28-26-41-40-18-9-12-22-50(40)63-54(41)53/h1-33H. The second kappa shape index (κ2) is 12.9. The van der Waals surface area contributed by atoms with Gasteiger partial charge in [0.05, 0.1) is 33.1 Å². The third-order valence-electron chi connectivity index (χ3n) is 12.8. The summed E-state index contributed by atoms with van der Waals surface area (Å²) in [6.45, 7) is 0. The van der Waals surface area contributed by atoms with Crippen molar-refractivity contribution in [3.8, 4) is 39.8 Å². The van der Waals surface area contributed by atoms with Crippen molar-refractivity contribution in [2.75, 3.05) is 0 Å². The van der Waals surface area contributed by atoms with E-state index in [9.17, 15) is 0 Å². The molecule has 0 fully saturated rings. The van der Waals surface area contributed by atoms with Crippen LogP contribution in [0.5, 0.6) is 0 Å². The average molecular weight is 808 g/mol. The van der Waals surface area contributed by atoms with Crippen LogP contribution in [0.2, 0.25) is 0 Å². The van der Waals surface area contributed by atoms with Crippen molar-refractivity contribution in [3.63, 3.8) is 0 Å². The number of nitrogens with zero attached hydrogens (tertiary/aromatic N) is 5. The van der Waals surface area contributed by atoms with Crippen LogP contribution < -0.4 is 0 Å². The largest absolute Gasteiger partial charge is 0.456 e. The van der Waals surface area contributed by atoms with E-state index in [1.165, 1.54) is 0 Å². The fourth-order valence-corrected chi connectivity index (χ4v) is 10.00. The fourth-order valence-electron chi connectivity index (χ4n) is 10.00. The van der Waals surface area contributed by atoms with E-state index in [0.29, 0.717) is 0 Å². The molecule has 0 aliphatic rings. The van der Waals surface area contributed by atoms with Crippen LogP contribution in [-0.4, -0.2) is 23.9 Å². The number of rotatable bonds is 5. The Morgan fingerprint density at radius 1 is 0.302 bits per heavy atom. The Kier molecular flexibility index (Phi) is 6.98. The zero-order chi connectivity index (χ0) is 41.2. The highest BCUT2D eigenvalue weighted by molar-refractivity contribution is 6.24. The Balaban J connectivity index is 0.952. The molecule has 0 spiro atoms. The molecule has 0 saturated heterocycles. The van der Waals surface area contributed by atoms with Gasteiger partial charge in [-0.05, 0) is 84.9 Å². The van der Waals surface area contributed by atoms with Gasteiger partial charge >= 0.3 is 0 Å². The van der Waals surface area contributed by atoms with Gasteiger partial charge in [0.2, 0.25) is 0 Å². The van der Waals surface area contributed by atoms with Crippen molar-refractivity contribution >= 4 is 87.5 Å². The lowest BCUT2D eigenvalue weighted by molar-refractivity contribution is 0.668. The number of aromatic nitrogens is 5. The van der Waals surface area contributed by atoms with Gasteiger partial charge in [-0.1, -0.05) is 115 Å². The Bertz CT molecular complexity index is 4090. The van der Waals surface area contributed by atoms with Gasteiger partial charge in [0.15, 0.2) is 11.6 Å². The fraction of sp³-hybridized carbons (Fsp3) is 0. The molecule has 0 N–H and O–H groups in total. The molecule has 0 aliphatic heterocycles. The molecular weight excluding hydrogens is 775 g/mol. The zero-order valence-electron chi connectivity index (χ0n) is 33.6. The summed E-state index contributed by atoms with van der Waals surface area (Å²) >= 11 is 0. The summed E-state index contributed by atoms with van der Waals surface area (Å²) < 4.78 is 20.0. The predicted molar refractivity (Wildman–Crippen MR) is 255 cm³/mol. The second-order valence-electron chi connectivity index (χ2n) is 16.2. The first-order valence-corrected chi connectivity index (χ1v) is 21.2. The molecule has 0 radical (unpaired) electrons. The van der Waals surface area contributed by atoms with Crippen molar-refractivity contribution in [1.29, 1.82) is 0 Å². The summed E-state index contributed by atoms with van der Waals surface area (Å²) in [6, 6.07) is 70.3. The molecule has 14 aromatic rings. The topological polar surface area (TPSA) is 66.8 Å². The van der Waals surface area contributed by atoms with Gasteiger partial charge < -0.3 is 18.0 Å². The molecule has 0 unspecified atom stereocenters. The zero-order valence-corrected chi connectivity index (χ0v) is 33.6. The first kappa shape index (κ1) is 34.1. The van der Waals surface area contributed by atoms with Gasteiger partial charge in [0.1, 0.15) is 22.3 Å². The molecule has 0 aliphatic carbocycles. The summed E-state index contributed by atoms with van der Waals surface area (Å²) in [5.74, 6) is 1.58. The molecule has 7 nitrogen and oxygen atoms in total. The maximum atomic E-state index is 6.58. The number of para-hydroxylation sites is 3. The lowest BCUT2D eigenvalue weighted by atomic mass is 10.1. The average Bonchev–Trinajstić information content (AvgIpc) is 4.17. The number of hydrogen-bond donors (Lipinski definition) is 0. The minimum atomic E-state index is 0.790. The summed E-state index contributed by atoms with van der Waals surface area (Å²) in [7, 11) is 0. The lowest BCUT2D eigenvalue weighted by Crippen LogP contribution is -2.00. The van der Waals surface area contributed by atoms with Crippen LogP contribution in [-0.2, 0) is 0 Å². The van der Waals surface area contributed by atoms with E-state index in [1.54, 1.807) is 0 Å². The molecule has 5 heterocycles. The third kappa shape index (κ3) is 4.90. The third-order valence-corrected chi connectivity index (χ3v) is 12.8. The van der Waals surface area contributed by atoms with Crippen LogP contribution in [0, 0.1) is 0 Å². The van der Waals surface area contributed by atoms with Crippen molar-refractivity contribution < 1.29 is 8.83 Å². The Morgan fingerprint density at radius 3 is 1.46 bits per heavy atom. The normalized spacial score (nSPS) is 12.1. The highest BCUT2D eigenvalue weighted by Gasteiger charge is 2.22. The number of hydrogen-bond acceptors (Lipinski definition) is 4. The molecular formula is C56H33N5O2. The Morgan fingerprint density at radius 2 is 0.778 bits per heavy atom. The van der Waals surface area contributed by atoms with Crippen molar-refractivity contribution in [1.82, 2.24) is 23.9 Å². The van der Waals surface area contributed by atoms with Crippen LogP contribution >= 0.6 is 0 Å². The second-order valence-corrected chi connectivity index (χ2v) is 16.2. The van der Waals surface area contributed by atoms with Gasteiger partial charge in [-0.15, -0.1) is 10.2 Å². The first-order valence-electron chi connectivity index (χ1n) is 21.2. The van der Waals surface area contributed by atoms with Crippen LogP contribution in [0.25, 0.3) is 127 Å². The van der Waals surface area contributed by atoms with Gasteiger partial charge in [-0.2, -0.15) is 0 Å². The number of benzene rings is 9.